The Morgan fingerprint density at radius 3 is 2.72 bits per heavy atom. The van der Waals surface area contributed by atoms with Gasteiger partial charge in [-0.25, -0.2) is 8.42 Å². The molecule has 1 aliphatic carbocycles. The lowest BCUT2D eigenvalue weighted by molar-refractivity contribution is -0.130. The van der Waals surface area contributed by atoms with E-state index in [0.29, 0.717) is 18.4 Å². The van der Waals surface area contributed by atoms with Gasteiger partial charge in [0.05, 0.1) is 19.6 Å². The van der Waals surface area contributed by atoms with Gasteiger partial charge in [-0.2, -0.15) is 4.31 Å². The Morgan fingerprint density at radius 1 is 1.31 bits per heavy atom. The number of aliphatic hydroxyl groups is 2. The summed E-state index contributed by atoms with van der Waals surface area (Å²) >= 11 is 0. The van der Waals surface area contributed by atoms with Crippen LogP contribution in [0.1, 0.15) is 50.7 Å². The molecule has 0 unspecified atom stereocenters. The number of benzene rings is 1. The first-order valence-electron chi connectivity index (χ1n) is 13.3. The highest BCUT2D eigenvalue weighted by molar-refractivity contribution is 7.89. The molecule has 4 rings (SSSR count). The predicted octanol–water partition coefficient (Wildman–Crippen LogP) is 2.21. The van der Waals surface area contributed by atoms with Crippen LogP contribution in [0.15, 0.2) is 47.6 Å². The van der Waals surface area contributed by atoms with Crippen molar-refractivity contribution in [1.82, 2.24) is 14.2 Å². The molecule has 1 amide bonds. The van der Waals surface area contributed by atoms with E-state index in [1.807, 2.05) is 13.0 Å². The quantitative estimate of drug-likeness (QED) is 0.525. The predicted molar refractivity (Wildman–Crippen MR) is 146 cm³/mol. The van der Waals surface area contributed by atoms with E-state index in [2.05, 4.69) is 16.8 Å². The molecule has 0 saturated heterocycles. The van der Waals surface area contributed by atoms with Crippen molar-refractivity contribution in [3.05, 3.63) is 53.9 Å². The second kappa shape index (κ2) is 12.0. The molecule has 39 heavy (non-hydrogen) atoms. The summed E-state index contributed by atoms with van der Waals surface area (Å²) in [6, 6.07) is 7.63. The number of aromatic nitrogens is 1. The topological polar surface area (TPSA) is 120 Å². The molecule has 2 aliphatic rings. The second-order valence-electron chi connectivity index (χ2n) is 10.7. The van der Waals surface area contributed by atoms with E-state index in [1.54, 1.807) is 49.5 Å². The van der Waals surface area contributed by atoms with E-state index < -0.39 is 27.8 Å². The zero-order valence-corrected chi connectivity index (χ0v) is 23.5. The van der Waals surface area contributed by atoms with Crippen molar-refractivity contribution in [3.8, 4) is 17.6 Å². The van der Waals surface area contributed by atoms with Crippen LogP contribution in [0, 0.1) is 17.8 Å². The fourth-order valence-electron chi connectivity index (χ4n) is 4.98. The Bertz CT molecular complexity index is 1330. The van der Waals surface area contributed by atoms with Crippen molar-refractivity contribution in [2.75, 3.05) is 26.7 Å². The number of sulfonamides is 1. The minimum atomic E-state index is -3.99. The van der Waals surface area contributed by atoms with E-state index in [4.69, 9.17) is 4.74 Å². The van der Waals surface area contributed by atoms with Gasteiger partial charge >= 0.3 is 0 Å². The van der Waals surface area contributed by atoms with Gasteiger partial charge in [0.2, 0.25) is 15.9 Å². The number of aliphatic hydroxyl groups excluding tert-OH is 1. The molecule has 1 fully saturated rings. The van der Waals surface area contributed by atoms with Crippen LogP contribution in [0.5, 0.6) is 5.75 Å². The van der Waals surface area contributed by atoms with Crippen molar-refractivity contribution < 1.29 is 28.2 Å². The molecule has 210 valence electrons. The monoisotopic (exact) mass is 555 g/mol. The first kappa shape index (κ1) is 29.0. The lowest BCUT2D eigenvalue weighted by Crippen LogP contribution is -2.50. The lowest BCUT2D eigenvalue weighted by atomic mass is 10.0. The average Bonchev–Trinajstić information content (AvgIpc) is 3.36. The Balaban J connectivity index is 1.66. The molecule has 3 atom stereocenters. The maximum absolute atomic E-state index is 13.7. The number of rotatable bonds is 6. The summed E-state index contributed by atoms with van der Waals surface area (Å²) in [5.41, 5.74) is 0.297. The van der Waals surface area contributed by atoms with Crippen LogP contribution < -0.4 is 4.74 Å². The van der Waals surface area contributed by atoms with Gasteiger partial charge in [-0.05, 0) is 62.4 Å². The number of ether oxygens (including phenoxy) is 1. The SMILES string of the molecule is C[C@H]1CN([C@@H](C)CO)S(=O)(=O)c2ccc(C#CC3(O)CCCC3)cc2O[C@@H]1CN(C)C(=O)Cc1cccnc1. The Hall–Kier alpha value is -2.97. The third-order valence-electron chi connectivity index (χ3n) is 7.50. The molecule has 10 heteroatoms. The van der Waals surface area contributed by atoms with Crippen LogP contribution in [0.3, 0.4) is 0 Å². The molecular formula is C29H37N3O6S. The number of hydrogen-bond donors (Lipinski definition) is 2. The van der Waals surface area contributed by atoms with Gasteiger partial charge in [0.25, 0.3) is 0 Å². The third-order valence-corrected chi connectivity index (χ3v) is 9.51. The molecule has 0 spiro atoms. The van der Waals surface area contributed by atoms with Crippen LogP contribution in [0.25, 0.3) is 0 Å². The summed E-state index contributed by atoms with van der Waals surface area (Å²) in [5, 5.41) is 20.5. The minimum absolute atomic E-state index is 0.0193. The number of amides is 1. The highest BCUT2D eigenvalue weighted by atomic mass is 32.2. The molecule has 1 aromatic carbocycles. The van der Waals surface area contributed by atoms with Crippen LogP contribution >= 0.6 is 0 Å². The van der Waals surface area contributed by atoms with Gasteiger partial charge in [0.15, 0.2) is 0 Å². The third kappa shape index (κ3) is 6.79. The number of fused-ring (bicyclic) bond motifs is 1. The lowest BCUT2D eigenvalue weighted by Gasteiger charge is -2.37. The van der Waals surface area contributed by atoms with E-state index in [1.165, 1.54) is 10.4 Å². The smallest absolute Gasteiger partial charge is 0.247 e. The molecule has 0 radical (unpaired) electrons. The van der Waals surface area contributed by atoms with E-state index >= 15 is 0 Å². The Kier molecular flexibility index (Phi) is 8.96. The second-order valence-corrected chi connectivity index (χ2v) is 12.6. The minimum Gasteiger partial charge on any atom is -0.487 e. The number of likely N-dealkylation sites (N-methyl/N-ethyl adjacent to an activating group) is 1. The van der Waals surface area contributed by atoms with Crippen molar-refractivity contribution in [2.45, 2.75) is 68.6 Å². The maximum atomic E-state index is 13.7. The van der Waals surface area contributed by atoms with Gasteiger partial charge < -0.3 is 19.8 Å². The van der Waals surface area contributed by atoms with E-state index in [9.17, 15) is 23.4 Å². The molecule has 1 aliphatic heterocycles. The van der Waals surface area contributed by atoms with Crippen LogP contribution in [0.2, 0.25) is 0 Å². The van der Waals surface area contributed by atoms with Crippen LogP contribution in [-0.2, 0) is 21.2 Å². The molecule has 2 heterocycles. The molecule has 9 nitrogen and oxygen atoms in total. The summed E-state index contributed by atoms with van der Waals surface area (Å²) in [4.78, 5) is 18.6. The van der Waals surface area contributed by atoms with Crippen molar-refractivity contribution in [3.63, 3.8) is 0 Å². The van der Waals surface area contributed by atoms with Gasteiger partial charge in [0, 0.05) is 43.5 Å². The average molecular weight is 556 g/mol. The fourth-order valence-corrected chi connectivity index (χ4v) is 6.80. The number of hydrogen-bond acceptors (Lipinski definition) is 7. The van der Waals surface area contributed by atoms with Gasteiger partial charge in [-0.3, -0.25) is 9.78 Å². The van der Waals surface area contributed by atoms with Crippen molar-refractivity contribution in [2.24, 2.45) is 5.92 Å². The van der Waals surface area contributed by atoms with Gasteiger partial charge in [0.1, 0.15) is 22.4 Å². The number of nitrogens with zero attached hydrogens (tertiary/aromatic N) is 3. The first-order chi connectivity index (χ1) is 18.5. The fraction of sp³-hybridized carbons (Fsp3) is 0.517. The molecule has 2 N–H and O–H groups in total. The summed E-state index contributed by atoms with van der Waals surface area (Å²) < 4.78 is 35.0. The van der Waals surface area contributed by atoms with Gasteiger partial charge in [-0.1, -0.05) is 24.8 Å². The largest absolute Gasteiger partial charge is 0.487 e. The van der Waals surface area contributed by atoms with Crippen LogP contribution in [-0.4, -0.2) is 83.2 Å². The standard InChI is InChI=1S/C29H37N3O6S/c1-21-18-32(22(2)20-33)39(36,37)27-9-8-23(10-13-29(35)11-4-5-12-29)15-25(27)38-26(21)19-31(3)28(34)16-24-7-6-14-30-17-24/h6-9,14-15,17,21-22,26,33,35H,4-5,11-12,16,18-20H2,1-3H3/t21-,22-,26+/m0/s1. The Morgan fingerprint density at radius 2 is 2.05 bits per heavy atom. The zero-order valence-electron chi connectivity index (χ0n) is 22.7. The molecule has 0 bridgehead atoms. The number of carbonyl (C=O) groups excluding carboxylic acids is 1. The molecule has 1 saturated carbocycles. The van der Waals surface area contributed by atoms with Gasteiger partial charge in [-0.15, -0.1) is 0 Å². The normalized spacial score (nSPS) is 22.8. The summed E-state index contributed by atoms with van der Waals surface area (Å²) in [5.74, 6) is 5.68. The zero-order chi connectivity index (χ0) is 28.2. The number of pyridine rings is 1. The van der Waals surface area contributed by atoms with Crippen LogP contribution in [0.4, 0.5) is 0 Å². The van der Waals surface area contributed by atoms with E-state index in [-0.39, 0.29) is 48.6 Å². The van der Waals surface area contributed by atoms with Crippen molar-refractivity contribution >= 4 is 15.9 Å². The molecule has 1 aromatic heterocycles. The summed E-state index contributed by atoms with van der Waals surface area (Å²) in [6.45, 7) is 3.55. The highest BCUT2D eigenvalue weighted by Crippen LogP contribution is 2.34. The van der Waals surface area contributed by atoms with E-state index in [0.717, 1.165) is 18.4 Å². The summed E-state index contributed by atoms with van der Waals surface area (Å²) in [7, 11) is -2.29. The highest BCUT2D eigenvalue weighted by Gasteiger charge is 2.38. The maximum Gasteiger partial charge on any atom is 0.247 e. The molecular weight excluding hydrogens is 518 g/mol. The Labute approximate surface area is 230 Å². The molecule has 2 aromatic rings. The van der Waals surface area contributed by atoms with Crippen molar-refractivity contribution in [1.29, 1.82) is 0 Å². The summed E-state index contributed by atoms with van der Waals surface area (Å²) in [6.07, 6.45) is 6.03. The first-order valence-corrected chi connectivity index (χ1v) is 14.8. The number of carbonyl (C=O) groups is 1.